The highest BCUT2D eigenvalue weighted by atomic mass is 16.6. The van der Waals surface area contributed by atoms with Gasteiger partial charge in [-0.2, -0.15) is 4.99 Å². The third-order valence-electron chi connectivity index (χ3n) is 4.16. The quantitative estimate of drug-likeness (QED) is 0.254. The van der Waals surface area contributed by atoms with Gasteiger partial charge in [-0.25, -0.2) is 4.79 Å². The predicted octanol–water partition coefficient (Wildman–Crippen LogP) is 3.27. The number of amidine groups is 1. The molecule has 0 aliphatic rings. The summed E-state index contributed by atoms with van der Waals surface area (Å²) in [4.78, 5) is 42.3. The Labute approximate surface area is 181 Å². The van der Waals surface area contributed by atoms with Crippen molar-refractivity contribution in [3.63, 3.8) is 0 Å². The van der Waals surface area contributed by atoms with Crippen molar-refractivity contribution >= 4 is 34.7 Å². The van der Waals surface area contributed by atoms with E-state index in [0.29, 0.717) is 43.7 Å². The Morgan fingerprint density at radius 3 is 2.58 bits per heavy atom. The number of benzene rings is 1. The average molecular weight is 431 g/mol. The van der Waals surface area contributed by atoms with Crippen molar-refractivity contribution in [2.75, 3.05) is 13.2 Å². The number of nitrogens with two attached hydrogens (primary N) is 1. The van der Waals surface area contributed by atoms with Gasteiger partial charge in [-0.3, -0.25) is 9.59 Å². The number of hydrogen-bond acceptors (Lipinski definition) is 5. The average Bonchev–Trinajstić information content (AvgIpc) is 3.09. The zero-order chi connectivity index (χ0) is 23.0. The van der Waals surface area contributed by atoms with Crippen molar-refractivity contribution in [3.8, 4) is 0 Å². The van der Waals surface area contributed by atoms with Crippen LogP contribution < -0.4 is 11.1 Å². The third kappa shape index (κ3) is 7.76. The number of aromatic amines is 1. The number of hydrogen-bond donors (Lipinski definition) is 3. The lowest BCUT2D eigenvalue weighted by molar-refractivity contribution is -0.143. The van der Waals surface area contributed by atoms with Gasteiger partial charge in [0.1, 0.15) is 17.1 Å². The maximum absolute atomic E-state index is 12.4. The fourth-order valence-corrected chi connectivity index (χ4v) is 2.79. The highest BCUT2D eigenvalue weighted by molar-refractivity contribution is 6.06. The fourth-order valence-electron chi connectivity index (χ4n) is 2.79. The van der Waals surface area contributed by atoms with Crippen molar-refractivity contribution in [2.45, 2.75) is 52.6 Å². The second kappa shape index (κ2) is 10.6. The zero-order valence-corrected chi connectivity index (χ0v) is 18.4. The molecule has 2 aromatic rings. The molecular weight excluding hydrogens is 400 g/mol. The maximum atomic E-state index is 12.4. The summed E-state index contributed by atoms with van der Waals surface area (Å²) in [5.41, 5.74) is 6.97. The van der Waals surface area contributed by atoms with E-state index < -0.39 is 11.7 Å². The molecule has 1 aromatic heterocycles. The second-order valence-corrected chi connectivity index (χ2v) is 7.98. The van der Waals surface area contributed by atoms with E-state index in [0.717, 1.165) is 10.9 Å². The van der Waals surface area contributed by atoms with Gasteiger partial charge in [0.2, 0.25) is 0 Å². The number of aromatic nitrogens is 1. The lowest BCUT2D eigenvalue weighted by atomic mass is 10.1. The monoisotopic (exact) mass is 430 g/mol. The largest absolute Gasteiger partial charge is 0.466 e. The summed E-state index contributed by atoms with van der Waals surface area (Å²) in [6.45, 7) is 7.83. The van der Waals surface area contributed by atoms with E-state index in [2.05, 4.69) is 15.3 Å². The molecule has 1 aromatic carbocycles. The van der Waals surface area contributed by atoms with E-state index in [1.54, 1.807) is 52.0 Å². The number of fused-ring (bicyclic) bond motifs is 1. The molecule has 0 saturated heterocycles. The Hall–Kier alpha value is -3.36. The van der Waals surface area contributed by atoms with Gasteiger partial charge in [0, 0.05) is 29.4 Å². The van der Waals surface area contributed by atoms with Crippen LogP contribution in [0.4, 0.5) is 4.79 Å². The maximum Gasteiger partial charge on any atom is 0.436 e. The summed E-state index contributed by atoms with van der Waals surface area (Å²) in [6, 6.07) is 6.91. The molecule has 0 aliphatic heterocycles. The number of unbranched alkanes of at least 4 members (excludes halogenated alkanes) is 1. The SMILES string of the molecule is CCOC(=O)CCCCNC(=O)c1cc2cc(/C(N)=N/C(=O)OC(C)(C)C)ccc2[nH]1. The van der Waals surface area contributed by atoms with Crippen LogP contribution in [0, 0.1) is 0 Å². The van der Waals surface area contributed by atoms with Crippen molar-refractivity contribution in [2.24, 2.45) is 10.7 Å². The topological polar surface area (TPSA) is 136 Å². The lowest BCUT2D eigenvalue weighted by Gasteiger charge is -2.17. The molecule has 1 heterocycles. The van der Waals surface area contributed by atoms with Crippen LogP contribution in [0.2, 0.25) is 0 Å². The molecule has 9 heteroatoms. The first-order valence-electron chi connectivity index (χ1n) is 10.2. The number of H-pyrrole nitrogens is 1. The summed E-state index contributed by atoms with van der Waals surface area (Å²) in [5, 5.41) is 3.58. The molecule has 2 rings (SSSR count). The smallest absolute Gasteiger partial charge is 0.436 e. The number of nitrogens with zero attached hydrogens (tertiary/aromatic N) is 1. The van der Waals surface area contributed by atoms with Crippen LogP contribution in [0.3, 0.4) is 0 Å². The molecule has 2 amide bonds. The minimum Gasteiger partial charge on any atom is -0.466 e. The molecule has 31 heavy (non-hydrogen) atoms. The van der Waals surface area contributed by atoms with E-state index in [-0.39, 0.29) is 17.7 Å². The van der Waals surface area contributed by atoms with E-state index in [9.17, 15) is 14.4 Å². The minimum absolute atomic E-state index is 0.0324. The fraction of sp³-hybridized carbons (Fsp3) is 0.455. The molecule has 0 aliphatic carbocycles. The number of aliphatic imine (C=N–C) groups is 1. The zero-order valence-electron chi connectivity index (χ0n) is 18.4. The standard InChI is InChI=1S/C22H30N4O5/c1-5-30-18(27)8-6-7-11-24-20(28)17-13-15-12-14(9-10-16(15)25-17)19(23)26-21(29)31-22(2,3)4/h9-10,12-13,25H,5-8,11H2,1-4H3,(H,24,28)(H2,23,26,29). The van der Waals surface area contributed by atoms with Crippen molar-refractivity contribution in [3.05, 3.63) is 35.5 Å². The van der Waals surface area contributed by atoms with Gasteiger partial charge in [-0.05, 0) is 64.8 Å². The number of nitrogens with one attached hydrogen (secondary N) is 2. The van der Waals surface area contributed by atoms with Gasteiger partial charge in [0.25, 0.3) is 5.91 Å². The molecule has 0 unspecified atom stereocenters. The van der Waals surface area contributed by atoms with Crippen LogP contribution in [0.25, 0.3) is 10.9 Å². The first-order chi connectivity index (χ1) is 14.6. The van der Waals surface area contributed by atoms with E-state index >= 15 is 0 Å². The Bertz CT molecular complexity index is 972. The Morgan fingerprint density at radius 1 is 1.16 bits per heavy atom. The first kappa shape index (κ1) is 23.9. The molecule has 9 nitrogen and oxygen atoms in total. The van der Waals surface area contributed by atoms with Crippen LogP contribution in [0.1, 0.15) is 63.0 Å². The number of rotatable bonds is 8. The Morgan fingerprint density at radius 2 is 1.90 bits per heavy atom. The molecule has 0 radical (unpaired) electrons. The van der Waals surface area contributed by atoms with Crippen LogP contribution in [0.5, 0.6) is 0 Å². The highest BCUT2D eigenvalue weighted by Gasteiger charge is 2.16. The van der Waals surface area contributed by atoms with Gasteiger partial charge < -0.3 is 25.5 Å². The van der Waals surface area contributed by atoms with Crippen LogP contribution in [-0.2, 0) is 14.3 Å². The van der Waals surface area contributed by atoms with Crippen molar-refractivity contribution in [1.29, 1.82) is 0 Å². The van der Waals surface area contributed by atoms with Crippen molar-refractivity contribution < 1.29 is 23.9 Å². The minimum atomic E-state index is -0.762. The number of ether oxygens (including phenoxy) is 2. The normalized spacial score (nSPS) is 11.9. The second-order valence-electron chi connectivity index (χ2n) is 7.98. The van der Waals surface area contributed by atoms with Gasteiger partial charge in [0.15, 0.2) is 0 Å². The van der Waals surface area contributed by atoms with E-state index in [1.165, 1.54) is 0 Å². The molecule has 0 saturated carbocycles. The van der Waals surface area contributed by atoms with Crippen molar-refractivity contribution in [1.82, 2.24) is 10.3 Å². The number of carbonyl (C=O) groups excluding carboxylic acids is 3. The molecule has 4 N–H and O–H groups in total. The predicted molar refractivity (Wildman–Crippen MR) is 118 cm³/mol. The van der Waals surface area contributed by atoms with Crippen LogP contribution >= 0.6 is 0 Å². The number of esters is 1. The lowest BCUT2D eigenvalue weighted by Crippen LogP contribution is -2.24. The van der Waals surface area contributed by atoms with E-state index in [4.69, 9.17) is 15.2 Å². The molecule has 0 bridgehead atoms. The molecule has 0 atom stereocenters. The van der Waals surface area contributed by atoms with Gasteiger partial charge in [0.05, 0.1) is 6.61 Å². The molecule has 0 fully saturated rings. The van der Waals surface area contributed by atoms with Crippen LogP contribution in [-0.4, -0.2) is 47.5 Å². The third-order valence-corrected chi connectivity index (χ3v) is 4.16. The van der Waals surface area contributed by atoms with E-state index in [1.807, 2.05) is 0 Å². The van der Waals surface area contributed by atoms with Gasteiger partial charge in [-0.15, -0.1) is 0 Å². The molecule has 0 spiro atoms. The Kier molecular flexibility index (Phi) is 8.18. The number of carbonyl (C=O) groups is 3. The Balaban J connectivity index is 1.96. The van der Waals surface area contributed by atoms with Gasteiger partial charge in [-0.1, -0.05) is 0 Å². The summed E-state index contributed by atoms with van der Waals surface area (Å²) < 4.78 is 10.0. The molecule has 168 valence electrons. The first-order valence-corrected chi connectivity index (χ1v) is 10.2. The number of amides is 2. The summed E-state index contributed by atoms with van der Waals surface area (Å²) in [5.74, 6) is -0.441. The van der Waals surface area contributed by atoms with Gasteiger partial charge >= 0.3 is 12.1 Å². The summed E-state index contributed by atoms with van der Waals surface area (Å²) in [7, 11) is 0. The van der Waals surface area contributed by atoms with Crippen LogP contribution in [0.15, 0.2) is 29.3 Å². The molecular formula is C22H30N4O5. The summed E-state index contributed by atoms with van der Waals surface area (Å²) >= 11 is 0. The highest BCUT2D eigenvalue weighted by Crippen LogP contribution is 2.18. The summed E-state index contributed by atoms with van der Waals surface area (Å²) in [6.07, 6.45) is 0.894.